The fourth-order valence-corrected chi connectivity index (χ4v) is 6.22. The Morgan fingerprint density at radius 2 is 1.15 bits per heavy atom. The quantitative estimate of drug-likeness (QED) is 0.114. The average molecular weight is 884 g/mol. The number of fused-ring (bicyclic) bond motifs is 2. The molecular formula is C41H47BrN12O6. The van der Waals surface area contributed by atoms with Gasteiger partial charge in [-0.2, -0.15) is 10.2 Å². The Balaban J connectivity index is 0.000000178. The molecule has 0 spiro atoms. The predicted molar refractivity (Wildman–Crippen MR) is 228 cm³/mol. The van der Waals surface area contributed by atoms with Gasteiger partial charge >= 0.3 is 0 Å². The summed E-state index contributed by atoms with van der Waals surface area (Å²) in [5, 5.41) is 15.8. The van der Waals surface area contributed by atoms with E-state index in [-0.39, 0.29) is 0 Å². The van der Waals surface area contributed by atoms with Crippen LogP contribution in [0.1, 0.15) is 53.9 Å². The highest BCUT2D eigenvalue weighted by molar-refractivity contribution is 9.10. The minimum Gasteiger partial charge on any atom is -0.497 e. The van der Waals surface area contributed by atoms with Crippen molar-refractivity contribution in [2.45, 2.75) is 60.5 Å². The normalized spacial score (nSPS) is 10.8. The molecule has 0 aliphatic carbocycles. The van der Waals surface area contributed by atoms with Crippen LogP contribution in [0, 0.1) is 20.8 Å². The molecule has 0 aliphatic rings. The maximum absolute atomic E-state index is 5.49. The van der Waals surface area contributed by atoms with Crippen LogP contribution in [0.2, 0.25) is 0 Å². The number of hydrogen-bond donors (Lipinski definition) is 2. The van der Waals surface area contributed by atoms with Crippen molar-refractivity contribution in [3.8, 4) is 34.6 Å². The third-order valence-corrected chi connectivity index (χ3v) is 9.89. The molecule has 0 unspecified atom stereocenters. The number of nitrogens with zero attached hydrogens (tertiary/aromatic N) is 10. The molecule has 314 valence electrons. The first-order valence-electron chi connectivity index (χ1n) is 18.9. The Morgan fingerprint density at radius 1 is 0.633 bits per heavy atom. The van der Waals surface area contributed by atoms with Crippen LogP contribution in [0.4, 0.5) is 11.6 Å². The van der Waals surface area contributed by atoms with Gasteiger partial charge in [-0.05, 0) is 54.0 Å². The van der Waals surface area contributed by atoms with Gasteiger partial charge in [-0.3, -0.25) is 0 Å². The standard InChI is InChI=1S/C20H22N6O3.C17H20BrN5O2.C4H5NO/c1-5-16-23-19-18(22-11-13-6-7-14(27-3)10-15(13)28-4)24-17(12(2)26(19)25-16)20-21-8-9-29-20;1-5-14-20-17-16(21-15(18)10(2)23(17)22-14)19-9-11-6-7-12(24-3)8-13(11)25-4;1-4-5-2-3-6-4/h6-10H,5,11H2,1-4H3,(H,22,24);6-8H,5,9H2,1-4H3,(H,19,21);2-3H,1H3. The van der Waals surface area contributed by atoms with Gasteiger partial charge in [-0.15, -0.1) is 0 Å². The van der Waals surface area contributed by atoms with Crippen LogP contribution >= 0.6 is 15.9 Å². The maximum atomic E-state index is 5.49. The summed E-state index contributed by atoms with van der Waals surface area (Å²) in [7, 11) is 6.53. The van der Waals surface area contributed by atoms with E-state index in [0.29, 0.717) is 47.6 Å². The topological polar surface area (TPSA) is 199 Å². The van der Waals surface area contributed by atoms with Crippen molar-refractivity contribution < 1.29 is 27.8 Å². The SMILES string of the molecule is CCc1nc2c(NCc3ccc(OC)cc3OC)nc(-c3ncco3)c(C)n2n1.CCc1nc2c(NCc3ccc(OC)cc3OC)nc(Br)c(C)n2n1.Cc1ncco1. The molecule has 8 rings (SSSR count). The molecule has 0 atom stereocenters. The van der Waals surface area contributed by atoms with E-state index in [2.05, 4.69) is 61.7 Å². The number of halogens is 1. The van der Waals surface area contributed by atoms with Crippen molar-refractivity contribution in [1.29, 1.82) is 0 Å². The van der Waals surface area contributed by atoms with Crippen LogP contribution in [0.15, 0.2) is 74.8 Å². The van der Waals surface area contributed by atoms with Crippen molar-refractivity contribution >= 4 is 38.9 Å². The molecule has 0 bridgehead atoms. The van der Waals surface area contributed by atoms with E-state index in [4.69, 9.17) is 32.8 Å². The number of hydrogen-bond acceptors (Lipinski definition) is 16. The minimum absolute atomic E-state index is 0.433. The van der Waals surface area contributed by atoms with Crippen LogP contribution in [0.3, 0.4) is 0 Å². The van der Waals surface area contributed by atoms with Gasteiger partial charge in [0.05, 0.1) is 52.2 Å². The minimum atomic E-state index is 0.433. The molecule has 8 aromatic rings. The Kier molecular flexibility index (Phi) is 14.1. The zero-order valence-corrected chi connectivity index (χ0v) is 36.5. The van der Waals surface area contributed by atoms with Crippen LogP contribution in [0.5, 0.6) is 23.0 Å². The van der Waals surface area contributed by atoms with Gasteiger partial charge in [0.2, 0.25) is 5.89 Å². The van der Waals surface area contributed by atoms with Crippen molar-refractivity contribution in [3.63, 3.8) is 0 Å². The zero-order chi connectivity index (χ0) is 42.8. The molecule has 2 N–H and O–H groups in total. The van der Waals surface area contributed by atoms with Crippen molar-refractivity contribution in [1.82, 2.24) is 49.1 Å². The third kappa shape index (κ3) is 9.74. The third-order valence-electron chi connectivity index (χ3n) is 9.14. The largest absolute Gasteiger partial charge is 0.497 e. The second-order valence-electron chi connectivity index (χ2n) is 12.9. The molecular weight excluding hydrogens is 836 g/mol. The zero-order valence-electron chi connectivity index (χ0n) is 34.9. The number of ether oxygens (including phenoxy) is 4. The lowest BCUT2D eigenvalue weighted by Gasteiger charge is -2.13. The van der Waals surface area contributed by atoms with E-state index in [0.717, 1.165) is 80.5 Å². The maximum Gasteiger partial charge on any atom is 0.246 e. The molecule has 19 heteroatoms. The van der Waals surface area contributed by atoms with Gasteiger partial charge in [0.1, 0.15) is 45.8 Å². The Bertz CT molecular complexity index is 2650. The average Bonchev–Trinajstić information content (AvgIpc) is 4.13. The van der Waals surface area contributed by atoms with E-state index in [1.165, 1.54) is 6.26 Å². The first-order valence-corrected chi connectivity index (χ1v) is 19.7. The molecule has 60 heavy (non-hydrogen) atoms. The summed E-state index contributed by atoms with van der Waals surface area (Å²) in [5.74, 6) is 6.90. The van der Waals surface area contributed by atoms with Gasteiger partial charge in [0.15, 0.2) is 40.5 Å². The van der Waals surface area contributed by atoms with E-state index in [9.17, 15) is 0 Å². The van der Waals surface area contributed by atoms with E-state index in [1.54, 1.807) is 58.5 Å². The molecule has 0 amide bonds. The summed E-state index contributed by atoms with van der Waals surface area (Å²) < 4.78 is 35.9. The summed E-state index contributed by atoms with van der Waals surface area (Å²) in [6, 6.07) is 11.4. The molecule has 0 saturated carbocycles. The van der Waals surface area contributed by atoms with Crippen molar-refractivity contribution in [2.75, 3.05) is 39.1 Å². The highest BCUT2D eigenvalue weighted by Gasteiger charge is 2.20. The molecule has 2 aromatic carbocycles. The molecule has 6 aromatic heterocycles. The van der Waals surface area contributed by atoms with Crippen molar-refractivity contribution in [2.24, 2.45) is 0 Å². The van der Waals surface area contributed by atoms with Gasteiger partial charge in [0.25, 0.3) is 0 Å². The smallest absolute Gasteiger partial charge is 0.246 e. The van der Waals surface area contributed by atoms with Crippen LogP contribution in [0.25, 0.3) is 22.9 Å². The lowest BCUT2D eigenvalue weighted by Crippen LogP contribution is -2.09. The van der Waals surface area contributed by atoms with E-state index >= 15 is 0 Å². The second-order valence-corrected chi connectivity index (χ2v) is 13.7. The summed E-state index contributed by atoms with van der Waals surface area (Å²) in [5.41, 5.74) is 5.65. The molecule has 0 fully saturated rings. The Labute approximate surface area is 354 Å². The first-order chi connectivity index (χ1) is 29.1. The second kappa shape index (κ2) is 19.8. The van der Waals surface area contributed by atoms with E-state index < -0.39 is 0 Å². The lowest BCUT2D eigenvalue weighted by molar-refractivity contribution is 0.391. The molecule has 0 saturated heterocycles. The van der Waals surface area contributed by atoms with Gasteiger partial charge in [-0.25, -0.2) is 38.9 Å². The first kappa shape index (κ1) is 42.8. The number of rotatable bonds is 13. The van der Waals surface area contributed by atoms with Gasteiger partial charge in [-0.1, -0.05) is 13.8 Å². The molecule has 18 nitrogen and oxygen atoms in total. The molecule has 0 aliphatic heterocycles. The molecule has 0 radical (unpaired) electrons. The van der Waals surface area contributed by atoms with Crippen LogP contribution in [-0.2, 0) is 25.9 Å². The van der Waals surface area contributed by atoms with Gasteiger partial charge < -0.3 is 38.4 Å². The highest BCUT2D eigenvalue weighted by Crippen LogP contribution is 2.29. The predicted octanol–water partition coefficient (Wildman–Crippen LogP) is 7.65. The molecule has 6 heterocycles. The summed E-state index contributed by atoms with van der Waals surface area (Å²) in [4.78, 5) is 26.5. The van der Waals surface area contributed by atoms with Crippen molar-refractivity contribution in [3.05, 3.63) is 106 Å². The number of benzene rings is 2. The lowest BCUT2D eigenvalue weighted by atomic mass is 10.2. The monoisotopic (exact) mass is 882 g/mol. The number of methoxy groups -OCH3 is 4. The van der Waals surface area contributed by atoms with Crippen LogP contribution < -0.4 is 29.6 Å². The number of oxazole rings is 2. The fourth-order valence-electron chi connectivity index (χ4n) is 5.87. The highest BCUT2D eigenvalue weighted by atomic mass is 79.9. The Hall–Kier alpha value is -6.76. The summed E-state index contributed by atoms with van der Waals surface area (Å²) >= 11 is 3.49. The summed E-state index contributed by atoms with van der Waals surface area (Å²) in [6.45, 7) is 10.8. The fraction of sp³-hybridized carbons (Fsp3) is 0.317. The van der Waals surface area contributed by atoms with E-state index in [1.807, 2.05) is 68.6 Å². The van der Waals surface area contributed by atoms with Crippen LogP contribution in [-0.4, -0.2) is 77.6 Å². The number of nitrogens with one attached hydrogen (secondary N) is 2. The number of aromatic nitrogens is 10. The van der Waals surface area contributed by atoms with Gasteiger partial charge in [0, 0.05) is 56.1 Å². The Morgan fingerprint density at radius 3 is 1.58 bits per heavy atom. The number of anilines is 2. The number of aryl methyl sites for hydroxylation is 5. The summed E-state index contributed by atoms with van der Waals surface area (Å²) in [6.07, 6.45) is 7.78.